The molecule has 2 aliphatic rings. The van der Waals surface area contributed by atoms with Gasteiger partial charge < -0.3 is 17.7 Å². The smallest absolute Gasteiger partial charge is 0.394 e. The van der Waals surface area contributed by atoms with E-state index < -0.39 is 16.9 Å². The summed E-state index contributed by atoms with van der Waals surface area (Å²) in [6, 6.07) is 12.2. The van der Waals surface area contributed by atoms with Crippen molar-refractivity contribution in [3.63, 3.8) is 0 Å². The third-order valence-electron chi connectivity index (χ3n) is 3.70. The van der Waals surface area contributed by atoms with Crippen LogP contribution in [0, 0.1) is 0 Å². The minimum absolute atomic E-state index is 0.333. The van der Waals surface area contributed by atoms with E-state index in [0.29, 0.717) is 9.76 Å². The fraction of sp³-hybridized carbons (Fsp3) is 0.250. The molecular weight excluding hydrogens is 340 g/mol. The summed E-state index contributed by atoms with van der Waals surface area (Å²) in [4.78, 5) is 0. The molecule has 0 atom stereocenters. The van der Waals surface area contributed by atoms with E-state index in [1.54, 1.807) is 0 Å². The van der Waals surface area contributed by atoms with Crippen LogP contribution < -0.4 is 19.8 Å². The molecule has 4 rings (SSSR count). The molecule has 0 spiro atoms. The standard InChI is InChI=1S/C16H18O4Si3/c1-21-19-23(20-22(2,3)4,13-9-5-7-11-15(13)17-11)14-10-6-8-12-16(14)18-12/h5-10H,1-4H3. The summed E-state index contributed by atoms with van der Waals surface area (Å²) < 4.78 is 24.5. The monoisotopic (exact) mass is 358 g/mol. The fourth-order valence-electron chi connectivity index (χ4n) is 2.86. The largest absolute Gasteiger partial charge is 0.449 e. The first-order valence-electron chi connectivity index (χ1n) is 7.62. The number of benzene rings is 2. The summed E-state index contributed by atoms with van der Waals surface area (Å²) in [7, 11) is -4.38. The van der Waals surface area contributed by atoms with E-state index in [4.69, 9.17) is 17.7 Å². The Bertz CT molecular complexity index is 732. The van der Waals surface area contributed by atoms with E-state index in [0.717, 1.165) is 33.4 Å². The second kappa shape index (κ2) is 5.05. The zero-order valence-corrected chi connectivity index (χ0v) is 16.6. The maximum Gasteiger partial charge on any atom is 0.394 e. The molecule has 2 aromatic rings. The lowest BCUT2D eigenvalue weighted by Crippen LogP contribution is -2.66. The highest BCUT2D eigenvalue weighted by Gasteiger charge is 2.53. The molecule has 118 valence electrons. The van der Waals surface area contributed by atoms with Gasteiger partial charge in [-0.1, -0.05) is 24.3 Å². The Balaban J connectivity index is 1.92. The van der Waals surface area contributed by atoms with Gasteiger partial charge in [0.15, 0.2) is 31.3 Å². The van der Waals surface area contributed by atoms with Crippen LogP contribution in [0.25, 0.3) is 0 Å². The van der Waals surface area contributed by atoms with Gasteiger partial charge in [0.2, 0.25) is 9.76 Å². The lowest BCUT2D eigenvalue weighted by atomic mass is 10.4. The van der Waals surface area contributed by atoms with E-state index in [1.807, 2.05) is 30.8 Å². The molecule has 0 aromatic heterocycles. The van der Waals surface area contributed by atoms with Crippen LogP contribution in [-0.2, 0) is 8.23 Å². The average Bonchev–Trinajstić information content (AvgIpc) is 3.35. The topological polar surface area (TPSA) is 43.5 Å². The highest BCUT2D eigenvalue weighted by Crippen LogP contribution is 2.47. The van der Waals surface area contributed by atoms with Crippen molar-refractivity contribution in [2.24, 2.45) is 0 Å². The highest BCUT2D eigenvalue weighted by molar-refractivity contribution is 7.00. The van der Waals surface area contributed by atoms with Crippen LogP contribution in [0.5, 0.6) is 23.0 Å². The van der Waals surface area contributed by atoms with Crippen LogP contribution in [-0.4, -0.2) is 26.6 Å². The molecule has 23 heavy (non-hydrogen) atoms. The second-order valence-corrected chi connectivity index (χ2v) is 15.2. The highest BCUT2D eigenvalue weighted by atomic mass is 28.5. The molecule has 0 unspecified atom stereocenters. The maximum atomic E-state index is 6.77. The SMILES string of the molecule is C[Si]O[Si](O[Si](C)(C)C)(c1cccc2c1O2)c1cccc2c1O2. The molecule has 0 N–H and O–H groups in total. The van der Waals surface area contributed by atoms with Gasteiger partial charge in [-0.05, 0) is 38.3 Å². The van der Waals surface area contributed by atoms with Crippen molar-refractivity contribution in [1.82, 2.24) is 0 Å². The van der Waals surface area contributed by atoms with E-state index in [1.165, 1.54) is 0 Å². The number of hydrogen-bond acceptors (Lipinski definition) is 4. The molecule has 0 fully saturated rings. The summed E-state index contributed by atoms with van der Waals surface area (Å²) in [6.07, 6.45) is 0. The molecule has 2 aromatic carbocycles. The van der Waals surface area contributed by atoms with E-state index >= 15 is 0 Å². The van der Waals surface area contributed by atoms with E-state index in [-0.39, 0.29) is 0 Å². The molecule has 2 aliphatic heterocycles. The minimum atomic E-state index is -2.84. The summed E-state index contributed by atoms with van der Waals surface area (Å²) in [6.45, 7) is 8.63. The van der Waals surface area contributed by atoms with Gasteiger partial charge in [0.05, 0.1) is 0 Å². The molecule has 0 bridgehead atoms. The summed E-state index contributed by atoms with van der Waals surface area (Å²) >= 11 is 0. The van der Waals surface area contributed by atoms with Gasteiger partial charge in [-0.25, -0.2) is 0 Å². The third kappa shape index (κ3) is 2.58. The van der Waals surface area contributed by atoms with E-state index in [9.17, 15) is 0 Å². The van der Waals surface area contributed by atoms with E-state index in [2.05, 4.69) is 31.8 Å². The number of rotatable bonds is 6. The first-order valence-corrected chi connectivity index (χ1v) is 14.3. The van der Waals surface area contributed by atoms with Crippen molar-refractivity contribution >= 4 is 37.0 Å². The molecular formula is C16H18O4Si3. The number of fused-ring (bicyclic) bond motifs is 2. The normalized spacial score (nSPS) is 14.4. The Morgan fingerprint density at radius 2 is 1.39 bits per heavy atom. The van der Waals surface area contributed by atoms with Gasteiger partial charge in [-0.3, -0.25) is 0 Å². The molecule has 2 radical (unpaired) electrons. The predicted octanol–water partition coefficient (Wildman–Crippen LogP) is 2.99. The van der Waals surface area contributed by atoms with Crippen LogP contribution >= 0.6 is 0 Å². The van der Waals surface area contributed by atoms with Crippen molar-refractivity contribution in [1.29, 1.82) is 0 Å². The van der Waals surface area contributed by atoms with Crippen LogP contribution in [0.15, 0.2) is 36.4 Å². The van der Waals surface area contributed by atoms with Gasteiger partial charge in [-0.2, -0.15) is 0 Å². The molecule has 7 heteroatoms. The zero-order chi connectivity index (χ0) is 16.2. The van der Waals surface area contributed by atoms with Gasteiger partial charge in [0.25, 0.3) is 0 Å². The molecule has 2 heterocycles. The Hall–Kier alpha value is -1.39. The fourth-order valence-corrected chi connectivity index (χ4v) is 11.6. The van der Waals surface area contributed by atoms with Crippen LogP contribution in [0.1, 0.15) is 0 Å². The van der Waals surface area contributed by atoms with Gasteiger partial charge in [-0.15, -0.1) is 0 Å². The molecule has 0 saturated heterocycles. The lowest BCUT2D eigenvalue weighted by Gasteiger charge is -2.35. The minimum Gasteiger partial charge on any atom is -0.449 e. The zero-order valence-electron chi connectivity index (χ0n) is 13.6. The summed E-state index contributed by atoms with van der Waals surface area (Å²) in [5.74, 6) is 3.71. The maximum absolute atomic E-state index is 6.77. The Morgan fingerprint density at radius 1 is 0.870 bits per heavy atom. The van der Waals surface area contributed by atoms with Crippen molar-refractivity contribution < 1.29 is 17.7 Å². The first kappa shape index (κ1) is 15.2. The number of ether oxygens (including phenoxy) is 2. The van der Waals surface area contributed by atoms with Crippen molar-refractivity contribution in [3.05, 3.63) is 36.4 Å². The summed E-state index contributed by atoms with van der Waals surface area (Å²) in [5.41, 5.74) is 0. The third-order valence-corrected chi connectivity index (χ3v) is 11.5. The molecule has 0 amide bonds. The first-order chi connectivity index (χ1) is 10.9. The Morgan fingerprint density at radius 3 is 1.83 bits per heavy atom. The average molecular weight is 359 g/mol. The van der Waals surface area contributed by atoms with Crippen LogP contribution in [0.2, 0.25) is 26.2 Å². The number of para-hydroxylation sites is 2. The lowest BCUT2D eigenvalue weighted by molar-refractivity contribution is 0.430. The predicted molar refractivity (Wildman–Crippen MR) is 95.2 cm³/mol. The molecule has 0 aliphatic carbocycles. The van der Waals surface area contributed by atoms with Crippen molar-refractivity contribution in [2.45, 2.75) is 26.2 Å². The van der Waals surface area contributed by atoms with Gasteiger partial charge >= 0.3 is 8.56 Å². The quantitative estimate of drug-likeness (QED) is 0.393. The second-order valence-electron chi connectivity index (χ2n) is 6.61. The van der Waals surface area contributed by atoms with Crippen molar-refractivity contribution in [3.8, 4) is 23.0 Å². The Kier molecular flexibility index (Phi) is 3.33. The molecule has 0 saturated carbocycles. The summed E-state index contributed by atoms with van der Waals surface area (Å²) in [5, 5.41) is 2.13. The van der Waals surface area contributed by atoms with Crippen LogP contribution in [0.4, 0.5) is 0 Å². The van der Waals surface area contributed by atoms with Gasteiger partial charge in [0.1, 0.15) is 0 Å². The number of hydrogen-bond donors (Lipinski definition) is 0. The molecule has 4 nitrogen and oxygen atoms in total. The van der Waals surface area contributed by atoms with Crippen LogP contribution in [0.3, 0.4) is 0 Å². The van der Waals surface area contributed by atoms with Gasteiger partial charge in [0, 0.05) is 10.4 Å². The van der Waals surface area contributed by atoms with Crippen molar-refractivity contribution in [2.75, 3.05) is 0 Å². The Labute approximate surface area is 140 Å².